The van der Waals surface area contributed by atoms with Crippen LogP contribution in [0.15, 0.2) is 71.8 Å². The van der Waals surface area contributed by atoms with E-state index in [0.29, 0.717) is 17.4 Å². The van der Waals surface area contributed by atoms with Gasteiger partial charge in [0.15, 0.2) is 0 Å². The van der Waals surface area contributed by atoms with Crippen molar-refractivity contribution in [3.63, 3.8) is 0 Å². The van der Waals surface area contributed by atoms with E-state index in [9.17, 15) is 8.42 Å². The zero-order chi connectivity index (χ0) is 20.1. The minimum atomic E-state index is -3.65. The Morgan fingerprint density at radius 2 is 1.54 bits per heavy atom. The monoisotopic (exact) mass is 395 g/mol. The van der Waals surface area contributed by atoms with Gasteiger partial charge in [0.2, 0.25) is 0 Å². The fourth-order valence-corrected chi connectivity index (χ4v) is 3.79. The molecule has 0 saturated carbocycles. The Labute approximate surface area is 166 Å². The number of nitrogens with zero attached hydrogens (tertiary/aromatic N) is 1. The van der Waals surface area contributed by atoms with E-state index < -0.39 is 10.0 Å². The average Bonchev–Trinajstić information content (AvgIpc) is 2.70. The lowest BCUT2D eigenvalue weighted by Crippen LogP contribution is -2.13. The van der Waals surface area contributed by atoms with Gasteiger partial charge >= 0.3 is 0 Å². The van der Waals surface area contributed by atoms with Crippen molar-refractivity contribution < 1.29 is 8.42 Å². The van der Waals surface area contributed by atoms with Crippen molar-refractivity contribution in [3.05, 3.63) is 78.0 Å². The topological polar surface area (TPSA) is 71.1 Å². The van der Waals surface area contributed by atoms with Gasteiger partial charge in [0.05, 0.1) is 16.8 Å². The molecular weight excluding hydrogens is 370 g/mol. The second kappa shape index (κ2) is 8.44. The normalized spacial score (nSPS) is 11.4. The van der Waals surface area contributed by atoms with Gasteiger partial charge in [-0.15, -0.1) is 0 Å². The van der Waals surface area contributed by atoms with Gasteiger partial charge < -0.3 is 5.32 Å². The molecule has 0 amide bonds. The fourth-order valence-electron chi connectivity index (χ4n) is 2.75. The SMILES string of the molecule is CCc1ccc(Nc2ccc(NS(=O)(=O)c3ccc(C(C)C)cc3)cn2)cc1. The van der Waals surface area contributed by atoms with E-state index in [4.69, 9.17) is 0 Å². The number of aromatic nitrogens is 1. The van der Waals surface area contributed by atoms with E-state index in [1.165, 1.54) is 11.8 Å². The third kappa shape index (κ3) is 4.89. The number of hydrogen-bond donors (Lipinski definition) is 2. The van der Waals surface area contributed by atoms with Crippen LogP contribution < -0.4 is 10.0 Å². The van der Waals surface area contributed by atoms with Gasteiger partial charge in [-0.1, -0.05) is 45.0 Å². The number of pyridine rings is 1. The van der Waals surface area contributed by atoms with Crippen LogP contribution in [0.2, 0.25) is 0 Å². The van der Waals surface area contributed by atoms with Crippen LogP contribution in [0.3, 0.4) is 0 Å². The van der Waals surface area contributed by atoms with Crippen molar-refractivity contribution in [1.82, 2.24) is 4.98 Å². The zero-order valence-electron chi connectivity index (χ0n) is 16.3. The summed E-state index contributed by atoms with van der Waals surface area (Å²) in [5.74, 6) is 1.00. The third-order valence-corrected chi connectivity index (χ3v) is 5.90. The summed E-state index contributed by atoms with van der Waals surface area (Å²) in [5.41, 5.74) is 3.72. The van der Waals surface area contributed by atoms with E-state index in [-0.39, 0.29) is 4.90 Å². The van der Waals surface area contributed by atoms with E-state index in [1.807, 2.05) is 24.3 Å². The molecule has 0 saturated heterocycles. The van der Waals surface area contributed by atoms with Crippen LogP contribution in [-0.2, 0) is 16.4 Å². The van der Waals surface area contributed by atoms with Crippen LogP contribution in [-0.4, -0.2) is 13.4 Å². The molecule has 3 aromatic rings. The Bertz CT molecular complexity index is 1010. The molecule has 0 aliphatic heterocycles. The van der Waals surface area contributed by atoms with Gasteiger partial charge in [0, 0.05) is 5.69 Å². The first-order chi connectivity index (χ1) is 13.4. The highest BCUT2D eigenvalue weighted by atomic mass is 32.2. The first kappa shape index (κ1) is 19.9. The van der Waals surface area contributed by atoms with Crippen LogP contribution in [0, 0.1) is 0 Å². The molecule has 0 spiro atoms. The number of sulfonamides is 1. The second-order valence-electron chi connectivity index (χ2n) is 6.94. The summed E-state index contributed by atoms with van der Waals surface area (Å²) >= 11 is 0. The van der Waals surface area contributed by atoms with Crippen molar-refractivity contribution in [2.24, 2.45) is 0 Å². The van der Waals surface area contributed by atoms with Gasteiger partial charge in [0.1, 0.15) is 5.82 Å². The molecule has 0 aliphatic carbocycles. The van der Waals surface area contributed by atoms with Gasteiger partial charge in [-0.2, -0.15) is 0 Å². The highest BCUT2D eigenvalue weighted by Gasteiger charge is 2.14. The lowest BCUT2D eigenvalue weighted by molar-refractivity contribution is 0.601. The predicted octanol–water partition coefficient (Wildman–Crippen LogP) is 5.31. The van der Waals surface area contributed by atoms with E-state index >= 15 is 0 Å². The van der Waals surface area contributed by atoms with Gasteiger partial charge in [-0.3, -0.25) is 4.72 Å². The van der Waals surface area contributed by atoms with Crippen molar-refractivity contribution in [2.45, 2.75) is 38.0 Å². The third-order valence-electron chi connectivity index (χ3n) is 4.51. The summed E-state index contributed by atoms with van der Waals surface area (Å²) in [5, 5.41) is 3.21. The summed E-state index contributed by atoms with van der Waals surface area (Å²) in [6.45, 7) is 6.25. The largest absolute Gasteiger partial charge is 0.340 e. The van der Waals surface area contributed by atoms with Crippen LogP contribution in [0.5, 0.6) is 0 Å². The Morgan fingerprint density at radius 3 is 2.07 bits per heavy atom. The lowest BCUT2D eigenvalue weighted by Gasteiger charge is -2.11. The second-order valence-corrected chi connectivity index (χ2v) is 8.62. The van der Waals surface area contributed by atoms with Crippen LogP contribution in [0.1, 0.15) is 37.8 Å². The minimum Gasteiger partial charge on any atom is -0.340 e. The van der Waals surface area contributed by atoms with Crippen molar-refractivity contribution >= 4 is 27.2 Å². The van der Waals surface area contributed by atoms with Crippen molar-refractivity contribution in [3.8, 4) is 0 Å². The van der Waals surface area contributed by atoms with Gasteiger partial charge in [0.25, 0.3) is 10.0 Å². The van der Waals surface area contributed by atoms with E-state index in [2.05, 4.69) is 47.9 Å². The molecule has 2 aromatic carbocycles. The summed E-state index contributed by atoms with van der Waals surface area (Å²) in [7, 11) is -3.65. The highest BCUT2D eigenvalue weighted by Crippen LogP contribution is 2.21. The summed E-state index contributed by atoms with van der Waals surface area (Å²) in [4.78, 5) is 4.53. The van der Waals surface area contributed by atoms with Crippen LogP contribution in [0.25, 0.3) is 0 Å². The molecule has 6 heteroatoms. The quantitative estimate of drug-likeness (QED) is 0.568. The molecule has 0 aliphatic rings. The molecular formula is C22H25N3O2S. The maximum Gasteiger partial charge on any atom is 0.261 e. The smallest absolute Gasteiger partial charge is 0.261 e. The van der Waals surface area contributed by atoms with Crippen molar-refractivity contribution in [2.75, 3.05) is 10.0 Å². The van der Waals surface area contributed by atoms with Crippen LogP contribution >= 0.6 is 0 Å². The molecule has 2 N–H and O–H groups in total. The predicted molar refractivity (Wildman–Crippen MR) is 115 cm³/mol. The highest BCUT2D eigenvalue weighted by molar-refractivity contribution is 7.92. The molecule has 0 unspecified atom stereocenters. The first-order valence-corrected chi connectivity index (χ1v) is 10.8. The average molecular weight is 396 g/mol. The summed E-state index contributed by atoms with van der Waals surface area (Å²) in [6, 6.07) is 18.5. The Hall–Kier alpha value is -2.86. The maximum atomic E-state index is 12.6. The molecule has 0 fully saturated rings. The number of hydrogen-bond acceptors (Lipinski definition) is 4. The standard InChI is InChI=1S/C22H25N3O2S/c1-4-17-5-9-19(10-6-17)24-22-14-11-20(15-23-22)25-28(26,27)21-12-7-18(8-13-21)16(2)3/h5-16,25H,4H2,1-3H3,(H,23,24). The summed E-state index contributed by atoms with van der Waals surface area (Å²) < 4.78 is 27.7. The lowest BCUT2D eigenvalue weighted by atomic mass is 10.0. The fraction of sp³-hybridized carbons (Fsp3) is 0.227. The minimum absolute atomic E-state index is 0.232. The molecule has 3 rings (SSSR count). The van der Waals surface area contributed by atoms with E-state index in [1.54, 1.807) is 24.3 Å². The molecule has 1 heterocycles. The Balaban J connectivity index is 1.68. The number of benzene rings is 2. The molecule has 28 heavy (non-hydrogen) atoms. The maximum absolute atomic E-state index is 12.6. The molecule has 0 bridgehead atoms. The van der Waals surface area contributed by atoms with E-state index in [0.717, 1.165) is 17.7 Å². The van der Waals surface area contributed by atoms with Gasteiger partial charge in [-0.05, 0) is 59.9 Å². The first-order valence-electron chi connectivity index (χ1n) is 9.32. The number of nitrogens with one attached hydrogen (secondary N) is 2. The molecule has 146 valence electrons. The number of rotatable bonds is 7. The number of aryl methyl sites for hydroxylation is 1. The van der Waals surface area contributed by atoms with Crippen LogP contribution in [0.4, 0.5) is 17.2 Å². The Morgan fingerprint density at radius 1 is 0.893 bits per heavy atom. The molecule has 1 aromatic heterocycles. The van der Waals surface area contributed by atoms with Crippen molar-refractivity contribution in [1.29, 1.82) is 0 Å². The number of anilines is 3. The summed E-state index contributed by atoms with van der Waals surface area (Å²) in [6.07, 6.45) is 2.50. The molecule has 5 nitrogen and oxygen atoms in total. The molecule has 0 radical (unpaired) electrons. The van der Waals surface area contributed by atoms with Gasteiger partial charge in [-0.25, -0.2) is 13.4 Å². The Kier molecular flexibility index (Phi) is 5.99. The zero-order valence-corrected chi connectivity index (χ0v) is 17.1. The molecule has 0 atom stereocenters.